The first-order chi connectivity index (χ1) is 4.39. The molecule has 0 saturated heterocycles. The van der Waals surface area contributed by atoms with E-state index in [9.17, 15) is 17.8 Å². The van der Waals surface area contributed by atoms with Crippen molar-refractivity contribution >= 4 is 16.1 Å². The first-order valence-corrected chi connectivity index (χ1v) is 3.57. The summed E-state index contributed by atoms with van der Waals surface area (Å²) in [6, 6.07) is 0. The maximum Gasteiger partial charge on any atom is 1.00 e. The second-order valence-corrected chi connectivity index (χ2v) is 2.80. The number of carbonyl (C=O) groups is 1. The molecule has 1 unspecified atom stereocenters. The Morgan fingerprint density at radius 1 is 1.64 bits per heavy atom. The molecule has 0 saturated carbocycles. The summed E-state index contributed by atoms with van der Waals surface area (Å²) in [5.74, 6) is -1.48. The Morgan fingerprint density at radius 2 is 2.00 bits per heavy atom. The van der Waals surface area contributed by atoms with Gasteiger partial charge in [-0.3, -0.25) is 0 Å². The third-order valence-corrected chi connectivity index (χ3v) is 1.42. The quantitative estimate of drug-likeness (QED) is 0.267. The van der Waals surface area contributed by atoms with Crippen LogP contribution in [0.5, 0.6) is 0 Å². The smallest absolute Gasteiger partial charge is 0.745 e. The second-order valence-electron chi connectivity index (χ2n) is 1.37. The molecule has 0 amide bonds. The number of aliphatic hydroxyl groups excluding tert-OH is 1. The Bertz CT molecular complexity index is 220. The van der Waals surface area contributed by atoms with Crippen molar-refractivity contribution < 1.29 is 57.2 Å². The van der Waals surface area contributed by atoms with Crippen LogP contribution in [0.2, 0.25) is 0 Å². The fourth-order valence-electron chi connectivity index (χ4n) is 0.219. The predicted octanol–water partition coefficient (Wildman–Crippen LogP) is -4.97. The van der Waals surface area contributed by atoms with Crippen LogP contribution >= 0.6 is 0 Å². The van der Waals surface area contributed by atoms with E-state index < -0.39 is 21.5 Å². The van der Waals surface area contributed by atoms with E-state index in [1.807, 2.05) is 0 Å². The molecule has 0 aliphatic heterocycles. The standard InChI is InChI=1S/C3H6O6S.Na/c1-9-2(4)3(5)10(6,7)8;/h3,5H,1H3,(H,6,7,8);/q;+1/p-1. The summed E-state index contributed by atoms with van der Waals surface area (Å²) in [6.07, 6.45) is 0. The van der Waals surface area contributed by atoms with Crippen molar-refractivity contribution in [2.24, 2.45) is 0 Å². The van der Waals surface area contributed by atoms with Gasteiger partial charge in [-0.25, -0.2) is 13.2 Å². The molecule has 0 fully saturated rings. The van der Waals surface area contributed by atoms with Crippen molar-refractivity contribution in [3.63, 3.8) is 0 Å². The minimum absolute atomic E-state index is 0. The summed E-state index contributed by atoms with van der Waals surface area (Å²) in [5.41, 5.74) is -2.61. The van der Waals surface area contributed by atoms with Gasteiger partial charge in [-0.15, -0.1) is 0 Å². The van der Waals surface area contributed by atoms with Gasteiger partial charge in [-0.2, -0.15) is 0 Å². The maximum atomic E-state index is 10.1. The number of esters is 1. The van der Waals surface area contributed by atoms with Crippen molar-refractivity contribution in [3.05, 3.63) is 0 Å². The van der Waals surface area contributed by atoms with E-state index in [1.165, 1.54) is 0 Å². The Balaban J connectivity index is 0. The molecular formula is C3H5NaO6S. The van der Waals surface area contributed by atoms with E-state index >= 15 is 0 Å². The van der Waals surface area contributed by atoms with E-state index in [0.29, 0.717) is 0 Å². The van der Waals surface area contributed by atoms with E-state index in [0.717, 1.165) is 7.11 Å². The van der Waals surface area contributed by atoms with Crippen LogP contribution < -0.4 is 29.6 Å². The first-order valence-electron chi connectivity index (χ1n) is 2.10. The van der Waals surface area contributed by atoms with Gasteiger partial charge in [0.2, 0.25) is 5.44 Å². The third-order valence-electron chi connectivity index (χ3n) is 0.676. The molecule has 60 valence electrons. The number of hydrogen-bond acceptors (Lipinski definition) is 6. The fourth-order valence-corrected chi connectivity index (χ4v) is 0.551. The molecule has 0 radical (unpaired) electrons. The molecule has 0 rings (SSSR count). The van der Waals surface area contributed by atoms with Crippen LogP contribution in [0.1, 0.15) is 0 Å². The van der Waals surface area contributed by atoms with E-state index in [1.54, 1.807) is 0 Å². The molecule has 0 aromatic rings. The Hall–Kier alpha value is 0.340. The fraction of sp³-hybridized carbons (Fsp3) is 0.667. The zero-order chi connectivity index (χ0) is 8.36. The molecular weight excluding hydrogens is 187 g/mol. The molecule has 11 heavy (non-hydrogen) atoms. The van der Waals surface area contributed by atoms with E-state index in [4.69, 9.17) is 5.11 Å². The maximum absolute atomic E-state index is 10.1. The zero-order valence-electron chi connectivity index (χ0n) is 5.97. The molecule has 0 aromatic carbocycles. The monoisotopic (exact) mass is 192 g/mol. The third kappa shape index (κ3) is 4.72. The molecule has 0 bridgehead atoms. The van der Waals surface area contributed by atoms with Gasteiger partial charge in [0.1, 0.15) is 10.1 Å². The molecule has 0 spiro atoms. The number of carbonyl (C=O) groups excluding carboxylic acids is 1. The Labute approximate surface area is 85.6 Å². The topological polar surface area (TPSA) is 104 Å². The van der Waals surface area contributed by atoms with Gasteiger partial charge in [0.25, 0.3) is 0 Å². The SMILES string of the molecule is COC(=O)C(O)S(=O)(=O)[O-].[Na+]. The van der Waals surface area contributed by atoms with Gasteiger partial charge in [0.05, 0.1) is 7.11 Å². The molecule has 0 aromatic heterocycles. The van der Waals surface area contributed by atoms with E-state index in [2.05, 4.69) is 4.74 Å². The van der Waals surface area contributed by atoms with Gasteiger partial charge in [0.15, 0.2) is 0 Å². The minimum Gasteiger partial charge on any atom is -0.745 e. The van der Waals surface area contributed by atoms with Gasteiger partial charge >= 0.3 is 35.5 Å². The van der Waals surface area contributed by atoms with Gasteiger partial charge < -0.3 is 14.4 Å². The summed E-state index contributed by atoms with van der Waals surface area (Å²) in [4.78, 5) is 10.1. The van der Waals surface area contributed by atoms with Gasteiger partial charge in [-0.1, -0.05) is 0 Å². The number of ether oxygens (including phenoxy) is 1. The molecule has 1 N–H and O–H groups in total. The molecule has 6 nitrogen and oxygen atoms in total. The van der Waals surface area contributed by atoms with Crippen LogP contribution in [0.3, 0.4) is 0 Å². The zero-order valence-corrected chi connectivity index (χ0v) is 8.79. The largest absolute Gasteiger partial charge is 1.00 e. The van der Waals surface area contributed by atoms with Crippen molar-refractivity contribution in [2.75, 3.05) is 7.11 Å². The Kier molecular flexibility index (Phi) is 6.40. The number of aliphatic hydroxyl groups is 1. The van der Waals surface area contributed by atoms with Crippen LogP contribution in [0.25, 0.3) is 0 Å². The average Bonchev–Trinajstić information content (AvgIpc) is 1.83. The average molecular weight is 192 g/mol. The minimum atomic E-state index is -4.98. The molecule has 1 atom stereocenters. The van der Waals surface area contributed by atoms with Crippen LogP contribution in [0, 0.1) is 0 Å². The predicted molar refractivity (Wildman–Crippen MR) is 27.7 cm³/mol. The van der Waals surface area contributed by atoms with Crippen LogP contribution in [0.4, 0.5) is 0 Å². The summed E-state index contributed by atoms with van der Waals surface area (Å²) in [6.45, 7) is 0. The van der Waals surface area contributed by atoms with Crippen LogP contribution in [-0.4, -0.2) is 36.6 Å². The van der Waals surface area contributed by atoms with Crippen molar-refractivity contribution in [1.29, 1.82) is 0 Å². The first kappa shape index (κ1) is 13.9. The number of hydrogen-bond donors (Lipinski definition) is 1. The van der Waals surface area contributed by atoms with Gasteiger partial charge in [0, 0.05) is 0 Å². The molecule has 0 aliphatic carbocycles. The molecule has 8 heteroatoms. The summed E-state index contributed by atoms with van der Waals surface area (Å²) < 4.78 is 33.2. The van der Waals surface area contributed by atoms with Crippen molar-refractivity contribution in [3.8, 4) is 0 Å². The summed E-state index contributed by atoms with van der Waals surface area (Å²) in [5, 5.41) is 8.28. The van der Waals surface area contributed by atoms with Crippen LogP contribution in [-0.2, 0) is 19.6 Å². The normalized spacial score (nSPS) is 13.0. The van der Waals surface area contributed by atoms with Crippen molar-refractivity contribution in [1.82, 2.24) is 0 Å². The van der Waals surface area contributed by atoms with E-state index in [-0.39, 0.29) is 29.6 Å². The Morgan fingerprint density at radius 3 is 2.09 bits per heavy atom. The number of methoxy groups -OCH3 is 1. The summed E-state index contributed by atoms with van der Waals surface area (Å²) >= 11 is 0. The number of rotatable bonds is 2. The van der Waals surface area contributed by atoms with Crippen molar-refractivity contribution in [2.45, 2.75) is 5.44 Å². The van der Waals surface area contributed by atoms with Gasteiger partial charge in [-0.05, 0) is 0 Å². The summed E-state index contributed by atoms with van der Waals surface area (Å²) in [7, 11) is -4.13. The second kappa shape index (κ2) is 5.07. The molecule has 0 heterocycles. The molecule has 0 aliphatic rings. The van der Waals surface area contributed by atoms with Crippen LogP contribution in [0.15, 0.2) is 0 Å².